The van der Waals surface area contributed by atoms with Gasteiger partial charge in [-0.1, -0.05) is 39.7 Å². The monoisotopic (exact) mass is 481 g/mol. The second-order valence-electron chi connectivity index (χ2n) is 10.3. The summed E-state index contributed by atoms with van der Waals surface area (Å²) in [5.74, 6) is -1.10. The van der Waals surface area contributed by atoms with Crippen molar-refractivity contribution in [1.29, 1.82) is 0 Å². The third kappa shape index (κ3) is 9.99. The minimum Gasteiger partial charge on any atom is -0.369 e. The largest absolute Gasteiger partial charge is 0.369 e. The molecule has 0 fully saturated rings. The Balaban J connectivity index is 5.16. The van der Waals surface area contributed by atoms with Crippen molar-refractivity contribution in [2.24, 2.45) is 27.1 Å². The average molecular weight is 482 g/mol. The van der Waals surface area contributed by atoms with Crippen molar-refractivity contribution in [2.45, 2.75) is 73.1 Å². The van der Waals surface area contributed by atoms with Crippen molar-refractivity contribution in [1.82, 2.24) is 15.5 Å². The molecule has 2 unspecified atom stereocenters. The minimum atomic E-state index is -0.982. The third-order valence-electron chi connectivity index (χ3n) is 6.27. The molecule has 0 aliphatic carbocycles. The van der Waals surface area contributed by atoms with Gasteiger partial charge in [0, 0.05) is 48.3 Å². The van der Waals surface area contributed by atoms with Gasteiger partial charge < -0.3 is 21.3 Å². The van der Waals surface area contributed by atoms with Crippen LogP contribution in [0.25, 0.3) is 10.4 Å². The maximum Gasteiger partial charge on any atom is 0.228 e. The van der Waals surface area contributed by atoms with Crippen molar-refractivity contribution >= 4 is 23.6 Å². The molecule has 11 nitrogen and oxygen atoms in total. The van der Waals surface area contributed by atoms with Gasteiger partial charge in [0.1, 0.15) is 6.54 Å². The molecule has 2 atom stereocenters. The lowest BCUT2D eigenvalue weighted by Crippen LogP contribution is -2.50. The van der Waals surface area contributed by atoms with Gasteiger partial charge >= 0.3 is 0 Å². The topological polar surface area (TPSA) is 170 Å². The molecule has 0 aromatic heterocycles. The number of nitrogens with two attached hydrogens (primary N) is 1. The van der Waals surface area contributed by atoms with E-state index in [1.165, 1.54) is 4.90 Å². The Morgan fingerprint density at radius 1 is 0.941 bits per heavy atom. The summed E-state index contributed by atoms with van der Waals surface area (Å²) in [6, 6.07) is 0. The summed E-state index contributed by atoms with van der Waals surface area (Å²) < 4.78 is 0. The normalized spacial score (nSPS) is 14.7. The number of amides is 4. The smallest absolute Gasteiger partial charge is 0.228 e. The van der Waals surface area contributed by atoms with Gasteiger partial charge in [-0.3, -0.25) is 19.2 Å². The summed E-state index contributed by atoms with van der Waals surface area (Å²) in [6.45, 7) is 9.67. The molecule has 0 bridgehead atoms. The van der Waals surface area contributed by atoms with E-state index < -0.39 is 22.2 Å². The molecule has 0 aliphatic heterocycles. The molecule has 0 radical (unpaired) electrons. The molecule has 11 heteroatoms. The van der Waals surface area contributed by atoms with Crippen LogP contribution < -0.4 is 16.4 Å². The van der Waals surface area contributed by atoms with Crippen molar-refractivity contribution in [3.8, 4) is 0 Å². The summed E-state index contributed by atoms with van der Waals surface area (Å²) in [5, 5.41) is 8.83. The van der Waals surface area contributed by atoms with Crippen molar-refractivity contribution < 1.29 is 19.2 Å². The number of nitrogens with zero attached hydrogens (tertiary/aromatic N) is 4. The summed E-state index contributed by atoms with van der Waals surface area (Å²) in [4.78, 5) is 53.7. The Morgan fingerprint density at radius 2 is 1.50 bits per heavy atom. The highest BCUT2D eigenvalue weighted by molar-refractivity contribution is 5.87. The molecule has 0 aromatic rings. The van der Waals surface area contributed by atoms with E-state index in [1.807, 2.05) is 13.8 Å². The number of hydrogen-bond donors (Lipinski definition) is 3. The van der Waals surface area contributed by atoms with Gasteiger partial charge in [0.25, 0.3) is 0 Å². The first-order valence-corrected chi connectivity index (χ1v) is 11.7. The van der Waals surface area contributed by atoms with Crippen LogP contribution in [0.5, 0.6) is 0 Å². The van der Waals surface area contributed by atoms with Gasteiger partial charge in [-0.05, 0) is 44.1 Å². The van der Waals surface area contributed by atoms with Crippen LogP contribution in [0, 0.1) is 16.2 Å². The number of carbonyl (C=O) groups excluding carboxylic acids is 4. The molecule has 4 N–H and O–H groups in total. The van der Waals surface area contributed by atoms with E-state index in [0.717, 1.165) is 12.8 Å². The Bertz CT molecular complexity index is 777. The SMILES string of the molecule is CCC(C)(CC(C)(CC(C)(C)C(N)=O)C(=O)NCCCCCNC(=O)CN=[N+]=[N-])C(=O)N(C)C. The molecule has 0 aliphatic rings. The van der Waals surface area contributed by atoms with E-state index in [4.69, 9.17) is 11.3 Å². The zero-order valence-electron chi connectivity index (χ0n) is 21.9. The van der Waals surface area contributed by atoms with Crippen LogP contribution in [0.2, 0.25) is 0 Å². The summed E-state index contributed by atoms with van der Waals surface area (Å²) >= 11 is 0. The first kappa shape index (κ1) is 31.2. The first-order valence-electron chi connectivity index (χ1n) is 11.7. The number of azide groups is 1. The van der Waals surface area contributed by atoms with E-state index in [9.17, 15) is 19.2 Å². The van der Waals surface area contributed by atoms with E-state index in [2.05, 4.69) is 20.7 Å². The van der Waals surface area contributed by atoms with Crippen LogP contribution >= 0.6 is 0 Å². The lowest BCUT2D eigenvalue weighted by Gasteiger charge is -2.41. The molecule has 0 saturated carbocycles. The van der Waals surface area contributed by atoms with E-state index in [-0.39, 0.29) is 37.1 Å². The fourth-order valence-corrected chi connectivity index (χ4v) is 4.26. The standard InChI is InChI=1S/C23H43N7O4/c1-8-22(4,20(34)30(6)7)16-23(5,15-21(2,3)18(24)32)19(33)27-13-11-9-10-12-26-17(31)14-28-29-25/h8-16H2,1-7H3,(H2,24,32)(H,26,31)(H,27,33). The quantitative estimate of drug-likeness (QED) is 0.133. The van der Waals surface area contributed by atoms with Crippen LogP contribution in [0.3, 0.4) is 0 Å². The predicted molar refractivity (Wildman–Crippen MR) is 131 cm³/mol. The fraction of sp³-hybridized carbons (Fsp3) is 0.826. The lowest BCUT2D eigenvalue weighted by molar-refractivity contribution is -0.145. The number of nitrogens with one attached hydrogen (secondary N) is 2. The van der Waals surface area contributed by atoms with Crippen molar-refractivity contribution in [3.05, 3.63) is 10.4 Å². The summed E-state index contributed by atoms with van der Waals surface area (Å²) in [5.41, 5.74) is 11.1. The van der Waals surface area contributed by atoms with Gasteiger partial charge in [0.05, 0.1) is 0 Å². The van der Waals surface area contributed by atoms with Crippen LogP contribution in [-0.4, -0.2) is 62.3 Å². The van der Waals surface area contributed by atoms with Crippen molar-refractivity contribution in [3.63, 3.8) is 0 Å². The molecule has 4 amide bonds. The second kappa shape index (κ2) is 13.8. The van der Waals surface area contributed by atoms with E-state index in [1.54, 1.807) is 34.9 Å². The van der Waals surface area contributed by atoms with Crippen LogP contribution in [0.15, 0.2) is 5.11 Å². The number of rotatable bonds is 16. The number of unbranched alkanes of at least 4 members (excludes halogenated alkanes) is 2. The second-order valence-corrected chi connectivity index (χ2v) is 10.3. The van der Waals surface area contributed by atoms with E-state index in [0.29, 0.717) is 25.9 Å². The Morgan fingerprint density at radius 3 is 1.97 bits per heavy atom. The Hall–Kier alpha value is -2.81. The average Bonchev–Trinajstić information content (AvgIpc) is 2.75. The highest BCUT2D eigenvalue weighted by Crippen LogP contribution is 2.44. The Kier molecular flexibility index (Phi) is 12.7. The molecule has 0 rings (SSSR count). The van der Waals surface area contributed by atoms with Gasteiger partial charge in [0.15, 0.2) is 0 Å². The van der Waals surface area contributed by atoms with Crippen LogP contribution in [-0.2, 0) is 19.2 Å². The van der Waals surface area contributed by atoms with Crippen LogP contribution in [0.4, 0.5) is 0 Å². The fourth-order valence-electron chi connectivity index (χ4n) is 4.26. The highest BCUT2D eigenvalue weighted by Gasteiger charge is 2.47. The molecular formula is C23H43N7O4. The molecule has 194 valence electrons. The molecule has 0 heterocycles. The highest BCUT2D eigenvalue weighted by atomic mass is 16.2. The van der Waals surface area contributed by atoms with Crippen molar-refractivity contribution in [2.75, 3.05) is 33.7 Å². The minimum absolute atomic E-state index is 0.0617. The van der Waals surface area contributed by atoms with Gasteiger partial charge in [-0.25, -0.2) is 0 Å². The summed E-state index contributed by atoms with van der Waals surface area (Å²) in [6.07, 6.45) is 3.25. The third-order valence-corrected chi connectivity index (χ3v) is 6.27. The lowest BCUT2D eigenvalue weighted by atomic mass is 9.64. The summed E-state index contributed by atoms with van der Waals surface area (Å²) in [7, 11) is 3.39. The van der Waals surface area contributed by atoms with Gasteiger partial charge in [0.2, 0.25) is 23.6 Å². The van der Waals surface area contributed by atoms with E-state index >= 15 is 0 Å². The number of primary amides is 1. The molecule has 34 heavy (non-hydrogen) atoms. The zero-order chi connectivity index (χ0) is 26.6. The number of hydrogen-bond acceptors (Lipinski definition) is 5. The predicted octanol–water partition coefficient (Wildman–Crippen LogP) is 2.50. The maximum absolute atomic E-state index is 13.3. The molecule has 0 aromatic carbocycles. The van der Waals surface area contributed by atoms with Crippen LogP contribution in [0.1, 0.15) is 73.1 Å². The Labute approximate surface area is 203 Å². The zero-order valence-corrected chi connectivity index (χ0v) is 21.9. The van der Waals surface area contributed by atoms with Gasteiger partial charge in [-0.15, -0.1) is 0 Å². The molecule has 0 saturated heterocycles. The number of carbonyl (C=O) groups is 4. The molecular weight excluding hydrogens is 438 g/mol. The van der Waals surface area contributed by atoms with Gasteiger partial charge in [-0.2, -0.15) is 0 Å². The molecule has 0 spiro atoms. The maximum atomic E-state index is 13.3. The first-order chi connectivity index (χ1) is 15.6.